The highest BCUT2D eigenvalue weighted by Crippen LogP contribution is 2.16. The highest BCUT2D eigenvalue weighted by molar-refractivity contribution is 8.00. The molecule has 1 heterocycles. The molecular formula is C14H14N2OS. The zero-order chi connectivity index (χ0) is 12.8. The molecule has 3 nitrogen and oxygen atoms in total. The van der Waals surface area contributed by atoms with Crippen LogP contribution in [0.2, 0.25) is 0 Å². The van der Waals surface area contributed by atoms with Gasteiger partial charge in [-0.25, -0.2) is 0 Å². The Morgan fingerprint density at radius 3 is 2.50 bits per heavy atom. The fraction of sp³-hybridized carbons (Fsp3) is 0.143. The molecule has 1 N–H and O–H groups in total. The second kappa shape index (κ2) is 6.21. The molecular weight excluding hydrogens is 244 g/mol. The molecule has 0 saturated heterocycles. The second-order valence-corrected chi connectivity index (χ2v) is 4.93. The average molecular weight is 258 g/mol. The van der Waals surface area contributed by atoms with E-state index in [0.717, 1.165) is 10.6 Å². The number of aryl methyl sites for hydroxylation is 1. The van der Waals surface area contributed by atoms with E-state index in [4.69, 9.17) is 0 Å². The molecule has 92 valence electrons. The predicted octanol–water partition coefficient (Wildman–Crippen LogP) is 3.12. The van der Waals surface area contributed by atoms with Crippen LogP contribution in [0.5, 0.6) is 0 Å². The summed E-state index contributed by atoms with van der Waals surface area (Å²) in [6.07, 6.45) is 3.44. The van der Waals surface area contributed by atoms with Crippen LogP contribution in [0.3, 0.4) is 0 Å². The molecule has 0 fully saturated rings. The standard InChI is InChI=1S/C14H14N2OS/c1-11-2-4-12(5-3-11)16-14(17)10-18-13-6-8-15-9-7-13/h2-9H,10H2,1H3,(H,16,17). The van der Waals surface area contributed by atoms with E-state index < -0.39 is 0 Å². The summed E-state index contributed by atoms with van der Waals surface area (Å²) in [7, 11) is 0. The quantitative estimate of drug-likeness (QED) is 0.857. The molecule has 0 aliphatic heterocycles. The first-order valence-corrected chi connectivity index (χ1v) is 6.62. The lowest BCUT2D eigenvalue weighted by atomic mass is 10.2. The lowest BCUT2D eigenvalue weighted by Gasteiger charge is -2.05. The van der Waals surface area contributed by atoms with Gasteiger partial charge in [-0.2, -0.15) is 0 Å². The number of nitrogens with one attached hydrogen (secondary N) is 1. The van der Waals surface area contributed by atoms with Gasteiger partial charge in [0.15, 0.2) is 0 Å². The minimum absolute atomic E-state index is 0.000616. The van der Waals surface area contributed by atoms with Gasteiger partial charge in [-0.15, -0.1) is 11.8 Å². The van der Waals surface area contributed by atoms with Gasteiger partial charge >= 0.3 is 0 Å². The molecule has 0 spiro atoms. The first-order chi connectivity index (χ1) is 8.74. The Kier molecular flexibility index (Phi) is 4.36. The lowest BCUT2D eigenvalue weighted by molar-refractivity contribution is -0.113. The van der Waals surface area contributed by atoms with E-state index in [0.29, 0.717) is 5.75 Å². The summed E-state index contributed by atoms with van der Waals surface area (Å²) < 4.78 is 0. The first kappa shape index (κ1) is 12.6. The second-order valence-electron chi connectivity index (χ2n) is 3.89. The molecule has 1 aromatic heterocycles. The highest BCUT2D eigenvalue weighted by atomic mass is 32.2. The number of benzene rings is 1. The zero-order valence-corrected chi connectivity index (χ0v) is 10.9. The summed E-state index contributed by atoms with van der Waals surface area (Å²) in [6, 6.07) is 11.6. The van der Waals surface area contributed by atoms with Crippen molar-refractivity contribution >= 4 is 23.4 Å². The maximum Gasteiger partial charge on any atom is 0.234 e. The number of rotatable bonds is 4. The highest BCUT2D eigenvalue weighted by Gasteiger charge is 2.03. The van der Waals surface area contributed by atoms with Gasteiger partial charge in [0, 0.05) is 23.0 Å². The molecule has 2 rings (SSSR count). The molecule has 18 heavy (non-hydrogen) atoms. The molecule has 0 unspecified atom stereocenters. The Morgan fingerprint density at radius 1 is 1.17 bits per heavy atom. The third-order valence-electron chi connectivity index (χ3n) is 2.35. The minimum Gasteiger partial charge on any atom is -0.325 e. The van der Waals surface area contributed by atoms with E-state index in [1.165, 1.54) is 17.3 Å². The van der Waals surface area contributed by atoms with Crippen LogP contribution < -0.4 is 5.32 Å². The van der Waals surface area contributed by atoms with Gasteiger partial charge in [0.2, 0.25) is 5.91 Å². The molecule has 0 aliphatic rings. The van der Waals surface area contributed by atoms with Crippen molar-refractivity contribution in [3.8, 4) is 0 Å². The topological polar surface area (TPSA) is 42.0 Å². The van der Waals surface area contributed by atoms with E-state index >= 15 is 0 Å². The number of nitrogens with zero attached hydrogens (tertiary/aromatic N) is 1. The van der Waals surface area contributed by atoms with Crippen LogP contribution in [0.1, 0.15) is 5.56 Å². The lowest BCUT2D eigenvalue weighted by Crippen LogP contribution is -2.13. The normalized spacial score (nSPS) is 10.1. The Bertz CT molecular complexity index is 511. The SMILES string of the molecule is Cc1ccc(NC(=O)CSc2ccncc2)cc1. The summed E-state index contributed by atoms with van der Waals surface area (Å²) >= 11 is 1.50. The van der Waals surface area contributed by atoms with Crippen molar-refractivity contribution in [1.29, 1.82) is 0 Å². The number of hydrogen-bond donors (Lipinski definition) is 1. The number of aromatic nitrogens is 1. The summed E-state index contributed by atoms with van der Waals surface area (Å²) in [6.45, 7) is 2.02. The number of hydrogen-bond acceptors (Lipinski definition) is 3. The van der Waals surface area contributed by atoms with Crippen molar-refractivity contribution in [1.82, 2.24) is 4.98 Å². The van der Waals surface area contributed by atoms with Crippen molar-refractivity contribution in [2.45, 2.75) is 11.8 Å². The van der Waals surface area contributed by atoms with E-state index in [2.05, 4.69) is 10.3 Å². The number of amides is 1. The van der Waals surface area contributed by atoms with Crippen molar-refractivity contribution in [3.63, 3.8) is 0 Å². The van der Waals surface area contributed by atoms with Crippen LogP contribution in [0, 0.1) is 6.92 Å². The van der Waals surface area contributed by atoms with Crippen LogP contribution in [0.4, 0.5) is 5.69 Å². The Balaban J connectivity index is 1.84. The molecule has 0 aliphatic carbocycles. The number of pyridine rings is 1. The molecule has 2 aromatic rings. The Morgan fingerprint density at radius 2 is 1.83 bits per heavy atom. The van der Waals surface area contributed by atoms with E-state index in [1.54, 1.807) is 12.4 Å². The minimum atomic E-state index is 0.000616. The zero-order valence-electron chi connectivity index (χ0n) is 10.1. The Hall–Kier alpha value is -1.81. The summed E-state index contributed by atoms with van der Waals surface area (Å²) in [5.41, 5.74) is 2.01. The van der Waals surface area contributed by atoms with Gasteiger partial charge in [0.1, 0.15) is 0 Å². The van der Waals surface area contributed by atoms with Gasteiger partial charge in [0.05, 0.1) is 5.75 Å². The largest absolute Gasteiger partial charge is 0.325 e. The fourth-order valence-electron chi connectivity index (χ4n) is 1.42. The summed E-state index contributed by atoms with van der Waals surface area (Å²) in [5.74, 6) is 0.401. The van der Waals surface area contributed by atoms with Crippen molar-refractivity contribution in [2.75, 3.05) is 11.1 Å². The van der Waals surface area contributed by atoms with Gasteiger partial charge in [-0.3, -0.25) is 9.78 Å². The van der Waals surface area contributed by atoms with E-state index in [-0.39, 0.29) is 5.91 Å². The van der Waals surface area contributed by atoms with Crippen LogP contribution in [0.15, 0.2) is 53.7 Å². The van der Waals surface area contributed by atoms with E-state index in [1.807, 2.05) is 43.3 Å². The van der Waals surface area contributed by atoms with Crippen molar-refractivity contribution in [2.24, 2.45) is 0 Å². The summed E-state index contributed by atoms with van der Waals surface area (Å²) in [5, 5.41) is 2.86. The number of thioether (sulfide) groups is 1. The van der Waals surface area contributed by atoms with Gasteiger partial charge < -0.3 is 5.32 Å². The van der Waals surface area contributed by atoms with Crippen molar-refractivity contribution < 1.29 is 4.79 Å². The molecule has 0 bridgehead atoms. The average Bonchev–Trinajstić information content (AvgIpc) is 2.40. The number of anilines is 1. The van der Waals surface area contributed by atoms with E-state index in [9.17, 15) is 4.79 Å². The van der Waals surface area contributed by atoms with Crippen molar-refractivity contribution in [3.05, 3.63) is 54.4 Å². The van der Waals surface area contributed by atoms with Gasteiger partial charge in [-0.1, -0.05) is 17.7 Å². The number of carbonyl (C=O) groups excluding carboxylic acids is 1. The molecule has 1 amide bonds. The predicted molar refractivity (Wildman–Crippen MR) is 74.8 cm³/mol. The monoisotopic (exact) mass is 258 g/mol. The van der Waals surface area contributed by atoms with Crippen LogP contribution in [-0.2, 0) is 4.79 Å². The fourth-order valence-corrected chi connectivity index (χ4v) is 2.10. The van der Waals surface area contributed by atoms with Crippen LogP contribution in [-0.4, -0.2) is 16.6 Å². The summed E-state index contributed by atoms with van der Waals surface area (Å²) in [4.78, 5) is 16.7. The van der Waals surface area contributed by atoms with Gasteiger partial charge in [-0.05, 0) is 31.2 Å². The maximum atomic E-state index is 11.7. The molecule has 0 radical (unpaired) electrons. The third kappa shape index (κ3) is 3.89. The molecule has 1 aromatic carbocycles. The van der Waals surface area contributed by atoms with Gasteiger partial charge in [0.25, 0.3) is 0 Å². The molecule has 0 atom stereocenters. The van der Waals surface area contributed by atoms with Crippen LogP contribution >= 0.6 is 11.8 Å². The van der Waals surface area contributed by atoms with Crippen LogP contribution in [0.25, 0.3) is 0 Å². The maximum absolute atomic E-state index is 11.7. The molecule has 0 saturated carbocycles. The Labute approximate surface area is 111 Å². The number of carbonyl (C=O) groups is 1. The first-order valence-electron chi connectivity index (χ1n) is 5.63. The third-order valence-corrected chi connectivity index (χ3v) is 3.37. The smallest absolute Gasteiger partial charge is 0.234 e. The molecule has 4 heteroatoms.